The first-order valence-corrected chi connectivity index (χ1v) is 5.42. The number of hydrogen-bond donors (Lipinski definition) is 1. The van der Waals surface area contributed by atoms with E-state index in [1.54, 1.807) is 17.5 Å². The molecule has 0 bridgehead atoms. The smallest absolute Gasteiger partial charge is 0.124 e. The van der Waals surface area contributed by atoms with Gasteiger partial charge < -0.3 is 5.32 Å². The molecular weight excluding hydrogens is 196 g/mol. The molecular formula is C9H12N4S. The molecule has 0 amide bonds. The SMILES string of the molecule is CCn1nccc1NCc1nccs1. The van der Waals surface area contributed by atoms with E-state index in [1.807, 2.05) is 22.3 Å². The van der Waals surface area contributed by atoms with Gasteiger partial charge in [-0.25, -0.2) is 4.98 Å². The summed E-state index contributed by atoms with van der Waals surface area (Å²) >= 11 is 1.65. The van der Waals surface area contributed by atoms with Gasteiger partial charge in [0.2, 0.25) is 0 Å². The molecule has 1 N–H and O–H groups in total. The van der Waals surface area contributed by atoms with Gasteiger partial charge in [-0.1, -0.05) is 0 Å². The second-order valence-corrected chi connectivity index (χ2v) is 3.79. The third-order valence-corrected chi connectivity index (χ3v) is 2.70. The number of hydrogen-bond acceptors (Lipinski definition) is 4. The standard InChI is InChI=1S/C9H12N4S/c1-2-13-8(3-4-12-13)11-7-9-10-5-6-14-9/h3-6,11H,2,7H2,1H3. The zero-order valence-electron chi connectivity index (χ0n) is 7.97. The van der Waals surface area contributed by atoms with E-state index in [9.17, 15) is 0 Å². The van der Waals surface area contributed by atoms with Crippen molar-refractivity contribution < 1.29 is 0 Å². The Balaban J connectivity index is 1.98. The lowest BCUT2D eigenvalue weighted by Gasteiger charge is -2.05. The molecule has 0 saturated heterocycles. The summed E-state index contributed by atoms with van der Waals surface area (Å²) in [6.07, 6.45) is 3.62. The molecule has 0 aromatic carbocycles. The van der Waals surface area contributed by atoms with Crippen LogP contribution in [0.2, 0.25) is 0 Å². The van der Waals surface area contributed by atoms with Gasteiger partial charge in [-0.05, 0) is 6.92 Å². The van der Waals surface area contributed by atoms with Gasteiger partial charge in [-0.3, -0.25) is 4.68 Å². The average Bonchev–Trinajstić information content (AvgIpc) is 2.85. The van der Waals surface area contributed by atoms with Gasteiger partial charge in [0.15, 0.2) is 0 Å². The van der Waals surface area contributed by atoms with Gasteiger partial charge in [0.25, 0.3) is 0 Å². The summed E-state index contributed by atoms with van der Waals surface area (Å²) in [4.78, 5) is 4.20. The van der Waals surface area contributed by atoms with Crippen molar-refractivity contribution in [3.63, 3.8) is 0 Å². The quantitative estimate of drug-likeness (QED) is 0.835. The molecule has 5 heteroatoms. The fourth-order valence-electron chi connectivity index (χ4n) is 1.24. The lowest BCUT2D eigenvalue weighted by Crippen LogP contribution is -2.06. The maximum Gasteiger partial charge on any atom is 0.124 e. The van der Waals surface area contributed by atoms with Crippen LogP contribution in [0.25, 0.3) is 0 Å². The van der Waals surface area contributed by atoms with Crippen LogP contribution < -0.4 is 5.32 Å². The molecule has 14 heavy (non-hydrogen) atoms. The minimum Gasteiger partial charge on any atom is -0.364 e. The molecule has 2 rings (SSSR count). The van der Waals surface area contributed by atoms with Gasteiger partial charge in [0.05, 0.1) is 12.7 Å². The zero-order valence-corrected chi connectivity index (χ0v) is 8.79. The number of aryl methyl sites for hydroxylation is 1. The highest BCUT2D eigenvalue weighted by Gasteiger charge is 2.00. The lowest BCUT2D eigenvalue weighted by molar-refractivity contribution is 0.664. The van der Waals surface area contributed by atoms with Crippen molar-refractivity contribution in [1.82, 2.24) is 14.8 Å². The Labute approximate surface area is 86.6 Å². The van der Waals surface area contributed by atoms with Gasteiger partial charge in [0.1, 0.15) is 10.8 Å². The van der Waals surface area contributed by atoms with E-state index < -0.39 is 0 Å². The van der Waals surface area contributed by atoms with E-state index in [2.05, 4.69) is 22.3 Å². The van der Waals surface area contributed by atoms with E-state index in [1.165, 1.54) is 0 Å². The van der Waals surface area contributed by atoms with Crippen molar-refractivity contribution in [2.75, 3.05) is 5.32 Å². The summed E-state index contributed by atoms with van der Waals surface area (Å²) < 4.78 is 1.92. The summed E-state index contributed by atoms with van der Waals surface area (Å²) in [6.45, 7) is 3.72. The fourth-order valence-corrected chi connectivity index (χ4v) is 1.80. The number of thiazole rings is 1. The molecule has 0 atom stereocenters. The Morgan fingerprint density at radius 2 is 2.43 bits per heavy atom. The first kappa shape index (κ1) is 9.21. The minimum atomic E-state index is 0.767. The van der Waals surface area contributed by atoms with Crippen molar-refractivity contribution in [1.29, 1.82) is 0 Å². The Bertz CT molecular complexity index is 379. The van der Waals surface area contributed by atoms with Gasteiger partial charge in [0, 0.05) is 24.2 Å². The normalized spacial score (nSPS) is 10.4. The van der Waals surface area contributed by atoms with Crippen LogP contribution in [0.5, 0.6) is 0 Å². The van der Waals surface area contributed by atoms with Gasteiger partial charge in [-0.15, -0.1) is 11.3 Å². The summed E-state index contributed by atoms with van der Waals surface area (Å²) in [7, 11) is 0. The molecule has 0 aliphatic heterocycles. The topological polar surface area (TPSA) is 42.7 Å². The molecule has 2 aromatic heterocycles. The molecule has 4 nitrogen and oxygen atoms in total. The Morgan fingerprint density at radius 3 is 3.14 bits per heavy atom. The van der Waals surface area contributed by atoms with Crippen molar-refractivity contribution in [3.05, 3.63) is 28.8 Å². The third-order valence-electron chi connectivity index (χ3n) is 1.92. The lowest BCUT2D eigenvalue weighted by atomic mass is 10.5. The van der Waals surface area contributed by atoms with Crippen LogP contribution in [-0.2, 0) is 13.1 Å². The maximum absolute atomic E-state index is 4.20. The zero-order chi connectivity index (χ0) is 9.80. The summed E-state index contributed by atoms with van der Waals surface area (Å²) in [5.74, 6) is 1.04. The van der Waals surface area contributed by atoms with Crippen molar-refractivity contribution in [2.24, 2.45) is 0 Å². The second kappa shape index (κ2) is 4.23. The first-order chi connectivity index (χ1) is 6.90. The van der Waals surface area contributed by atoms with E-state index in [0.717, 1.165) is 23.9 Å². The van der Waals surface area contributed by atoms with Gasteiger partial charge in [-0.2, -0.15) is 5.10 Å². The average molecular weight is 208 g/mol. The first-order valence-electron chi connectivity index (χ1n) is 4.54. The molecule has 2 heterocycles. The Kier molecular flexibility index (Phi) is 2.78. The third kappa shape index (κ3) is 1.93. The van der Waals surface area contributed by atoms with Crippen LogP contribution in [0.4, 0.5) is 5.82 Å². The molecule has 0 aliphatic carbocycles. The molecule has 0 unspecified atom stereocenters. The second-order valence-electron chi connectivity index (χ2n) is 2.81. The van der Waals surface area contributed by atoms with Crippen LogP contribution in [0, 0.1) is 0 Å². The highest BCUT2D eigenvalue weighted by Crippen LogP contribution is 2.09. The molecule has 0 spiro atoms. The van der Waals surface area contributed by atoms with Crippen molar-refractivity contribution >= 4 is 17.2 Å². The predicted molar refractivity (Wildman–Crippen MR) is 57.3 cm³/mol. The molecule has 74 valence electrons. The maximum atomic E-state index is 4.20. The van der Waals surface area contributed by atoms with E-state index in [-0.39, 0.29) is 0 Å². The molecule has 0 saturated carbocycles. The molecule has 2 aromatic rings. The van der Waals surface area contributed by atoms with Crippen LogP contribution >= 0.6 is 11.3 Å². The highest BCUT2D eigenvalue weighted by atomic mass is 32.1. The summed E-state index contributed by atoms with van der Waals surface area (Å²) in [5, 5.41) is 10.5. The number of nitrogens with one attached hydrogen (secondary N) is 1. The monoisotopic (exact) mass is 208 g/mol. The Hall–Kier alpha value is -1.36. The number of anilines is 1. The Morgan fingerprint density at radius 1 is 1.50 bits per heavy atom. The van der Waals surface area contributed by atoms with E-state index >= 15 is 0 Å². The van der Waals surface area contributed by atoms with Gasteiger partial charge >= 0.3 is 0 Å². The number of nitrogens with zero attached hydrogens (tertiary/aromatic N) is 3. The van der Waals surface area contributed by atoms with Crippen molar-refractivity contribution in [2.45, 2.75) is 20.0 Å². The van der Waals surface area contributed by atoms with E-state index in [0.29, 0.717) is 0 Å². The predicted octanol–water partition coefficient (Wildman–Crippen LogP) is 1.97. The van der Waals surface area contributed by atoms with Crippen molar-refractivity contribution in [3.8, 4) is 0 Å². The van der Waals surface area contributed by atoms with Crippen LogP contribution in [0.15, 0.2) is 23.8 Å². The van der Waals surface area contributed by atoms with Crippen LogP contribution in [0.1, 0.15) is 11.9 Å². The summed E-state index contributed by atoms with van der Waals surface area (Å²) in [5.41, 5.74) is 0. The molecule has 0 fully saturated rings. The summed E-state index contributed by atoms with van der Waals surface area (Å²) in [6, 6.07) is 1.97. The number of rotatable bonds is 4. The minimum absolute atomic E-state index is 0.767. The van der Waals surface area contributed by atoms with E-state index in [4.69, 9.17) is 0 Å². The largest absolute Gasteiger partial charge is 0.364 e. The van der Waals surface area contributed by atoms with Crippen LogP contribution in [-0.4, -0.2) is 14.8 Å². The molecule has 0 radical (unpaired) electrons. The fraction of sp³-hybridized carbons (Fsp3) is 0.333. The van der Waals surface area contributed by atoms with Crippen LogP contribution in [0.3, 0.4) is 0 Å². The number of aromatic nitrogens is 3. The molecule has 0 aliphatic rings. The highest BCUT2D eigenvalue weighted by molar-refractivity contribution is 7.09.